The molecule has 0 fully saturated rings. The zero-order valence-electron chi connectivity index (χ0n) is 13.3. The molecule has 1 aromatic heterocycles. The van der Waals surface area contributed by atoms with Crippen molar-refractivity contribution in [3.05, 3.63) is 41.7 Å². The summed E-state index contributed by atoms with van der Waals surface area (Å²) >= 11 is 0. The summed E-state index contributed by atoms with van der Waals surface area (Å²) in [6.07, 6.45) is 4.29. The third-order valence-corrected chi connectivity index (χ3v) is 3.39. The molecular weight excluding hydrogens is 258 g/mol. The molecule has 0 radical (unpaired) electrons. The van der Waals surface area contributed by atoms with Crippen molar-refractivity contribution in [2.24, 2.45) is 0 Å². The van der Waals surface area contributed by atoms with Gasteiger partial charge in [0.05, 0.1) is 5.69 Å². The van der Waals surface area contributed by atoms with Crippen LogP contribution < -0.4 is 5.32 Å². The minimum Gasteiger partial charge on any atom is -0.370 e. The Morgan fingerprint density at radius 2 is 1.62 bits per heavy atom. The third-order valence-electron chi connectivity index (χ3n) is 3.39. The van der Waals surface area contributed by atoms with E-state index in [0.29, 0.717) is 0 Å². The molecule has 0 saturated carbocycles. The first kappa shape index (κ1) is 15.5. The smallest absolute Gasteiger partial charge is 0.131 e. The highest BCUT2D eigenvalue weighted by Gasteiger charge is 2.06. The number of aryl methyl sites for hydroxylation is 2. The van der Waals surface area contributed by atoms with Crippen LogP contribution in [0.2, 0.25) is 0 Å². The van der Waals surface area contributed by atoms with Crippen LogP contribution in [-0.4, -0.2) is 16.5 Å². The highest BCUT2D eigenvalue weighted by atomic mass is 15.0. The number of hydrogen-bond acceptors (Lipinski definition) is 3. The molecule has 1 heterocycles. The first-order chi connectivity index (χ1) is 10.3. The van der Waals surface area contributed by atoms with E-state index in [4.69, 9.17) is 4.98 Å². The molecule has 0 bridgehead atoms. The molecule has 0 amide bonds. The normalized spacial score (nSPS) is 10.6. The Hall–Kier alpha value is -1.90. The Morgan fingerprint density at radius 1 is 0.905 bits per heavy atom. The minimum atomic E-state index is 0.872. The van der Waals surface area contributed by atoms with E-state index in [1.54, 1.807) is 0 Å². The highest BCUT2D eigenvalue weighted by molar-refractivity contribution is 5.62. The number of aromatic nitrogens is 2. The average molecular weight is 283 g/mol. The van der Waals surface area contributed by atoms with Crippen molar-refractivity contribution < 1.29 is 0 Å². The summed E-state index contributed by atoms with van der Waals surface area (Å²) in [6.45, 7) is 7.32. The number of anilines is 1. The van der Waals surface area contributed by atoms with Gasteiger partial charge in [0.25, 0.3) is 0 Å². The van der Waals surface area contributed by atoms with Crippen LogP contribution in [-0.2, 0) is 12.8 Å². The molecule has 2 rings (SSSR count). The van der Waals surface area contributed by atoms with E-state index in [1.807, 2.05) is 6.07 Å². The van der Waals surface area contributed by atoms with E-state index in [1.165, 1.54) is 12.0 Å². The fourth-order valence-corrected chi connectivity index (χ4v) is 2.38. The molecule has 0 unspecified atom stereocenters. The SMILES string of the molecule is CCCc1ccc(-c2cc(NCC)nc(CCC)n2)cc1. The van der Waals surface area contributed by atoms with Crippen LogP contribution in [0, 0.1) is 0 Å². The molecule has 0 atom stereocenters. The van der Waals surface area contributed by atoms with Gasteiger partial charge in [-0.2, -0.15) is 0 Å². The van der Waals surface area contributed by atoms with Crippen LogP contribution >= 0.6 is 0 Å². The summed E-state index contributed by atoms with van der Waals surface area (Å²) in [5.41, 5.74) is 3.55. The maximum atomic E-state index is 4.70. The average Bonchev–Trinajstić information content (AvgIpc) is 2.49. The fourth-order valence-electron chi connectivity index (χ4n) is 2.38. The summed E-state index contributed by atoms with van der Waals surface area (Å²) < 4.78 is 0. The summed E-state index contributed by atoms with van der Waals surface area (Å²) in [5.74, 6) is 1.84. The van der Waals surface area contributed by atoms with Crippen LogP contribution in [0.3, 0.4) is 0 Å². The predicted octanol–water partition coefficient (Wildman–Crippen LogP) is 4.48. The van der Waals surface area contributed by atoms with Gasteiger partial charge in [0.15, 0.2) is 0 Å². The van der Waals surface area contributed by atoms with E-state index in [0.717, 1.165) is 48.7 Å². The molecular formula is C18H25N3. The molecule has 0 aliphatic carbocycles. The van der Waals surface area contributed by atoms with Crippen molar-refractivity contribution >= 4 is 5.82 Å². The zero-order chi connectivity index (χ0) is 15.1. The monoisotopic (exact) mass is 283 g/mol. The van der Waals surface area contributed by atoms with E-state index in [-0.39, 0.29) is 0 Å². The van der Waals surface area contributed by atoms with Crippen molar-refractivity contribution in [1.82, 2.24) is 9.97 Å². The second-order valence-corrected chi connectivity index (χ2v) is 5.28. The van der Waals surface area contributed by atoms with Crippen molar-refractivity contribution in [3.8, 4) is 11.3 Å². The highest BCUT2D eigenvalue weighted by Crippen LogP contribution is 2.21. The lowest BCUT2D eigenvalue weighted by atomic mass is 10.1. The molecule has 1 N–H and O–H groups in total. The molecule has 2 aromatic rings. The Morgan fingerprint density at radius 3 is 2.24 bits per heavy atom. The number of nitrogens with one attached hydrogen (secondary N) is 1. The van der Waals surface area contributed by atoms with Gasteiger partial charge in [0.2, 0.25) is 0 Å². The van der Waals surface area contributed by atoms with E-state index >= 15 is 0 Å². The maximum Gasteiger partial charge on any atom is 0.131 e. The van der Waals surface area contributed by atoms with Gasteiger partial charge >= 0.3 is 0 Å². The quantitative estimate of drug-likeness (QED) is 0.814. The Bertz CT molecular complexity index is 537. The molecule has 1 aromatic carbocycles. The maximum absolute atomic E-state index is 4.70. The van der Waals surface area contributed by atoms with Crippen LogP contribution in [0.5, 0.6) is 0 Å². The van der Waals surface area contributed by atoms with Crippen molar-refractivity contribution in [2.45, 2.75) is 46.5 Å². The van der Waals surface area contributed by atoms with Gasteiger partial charge in [-0.25, -0.2) is 9.97 Å². The van der Waals surface area contributed by atoms with Crippen LogP contribution in [0.15, 0.2) is 30.3 Å². The Labute approximate surface area is 127 Å². The Kier molecular flexibility index (Phi) is 5.73. The summed E-state index contributed by atoms with van der Waals surface area (Å²) in [5, 5.41) is 3.30. The van der Waals surface area contributed by atoms with Crippen molar-refractivity contribution in [3.63, 3.8) is 0 Å². The van der Waals surface area contributed by atoms with Crippen LogP contribution in [0.4, 0.5) is 5.82 Å². The first-order valence-electron chi connectivity index (χ1n) is 7.98. The van der Waals surface area contributed by atoms with Gasteiger partial charge in [0.1, 0.15) is 11.6 Å². The lowest BCUT2D eigenvalue weighted by molar-refractivity contribution is 0.836. The van der Waals surface area contributed by atoms with E-state index < -0.39 is 0 Å². The lowest BCUT2D eigenvalue weighted by Crippen LogP contribution is -2.04. The van der Waals surface area contributed by atoms with Crippen LogP contribution in [0.25, 0.3) is 11.3 Å². The topological polar surface area (TPSA) is 37.8 Å². The van der Waals surface area contributed by atoms with Gasteiger partial charge in [0, 0.05) is 24.6 Å². The molecule has 0 saturated heterocycles. The molecule has 3 nitrogen and oxygen atoms in total. The lowest BCUT2D eigenvalue weighted by Gasteiger charge is -2.09. The van der Waals surface area contributed by atoms with Crippen molar-refractivity contribution in [2.75, 3.05) is 11.9 Å². The summed E-state index contributed by atoms with van der Waals surface area (Å²) in [4.78, 5) is 9.26. The minimum absolute atomic E-state index is 0.872. The van der Waals surface area contributed by atoms with Crippen LogP contribution in [0.1, 0.15) is 45.0 Å². The first-order valence-corrected chi connectivity index (χ1v) is 7.98. The van der Waals surface area contributed by atoms with Gasteiger partial charge in [-0.05, 0) is 25.3 Å². The predicted molar refractivity (Wildman–Crippen MR) is 89.6 cm³/mol. The van der Waals surface area contributed by atoms with Crippen molar-refractivity contribution in [1.29, 1.82) is 0 Å². The molecule has 0 spiro atoms. The zero-order valence-corrected chi connectivity index (χ0v) is 13.3. The van der Waals surface area contributed by atoms with Gasteiger partial charge < -0.3 is 5.32 Å². The summed E-state index contributed by atoms with van der Waals surface area (Å²) in [7, 11) is 0. The van der Waals surface area contributed by atoms with E-state index in [2.05, 4.69) is 55.3 Å². The third kappa shape index (κ3) is 4.28. The Balaban J connectivity index is 2.32. The summed E-state index contributed by atoms with van der Waals surface area (Å²) in [6, 6.07) is 10.8. The van der Waals surface area contributed by atoms with Gasteiger partial charge in [-0.15, -0.1) is 0 Å². The second kappa shape index (κ2) is 7.77. The number of hydrogen-bond donors (Lipinski definition) is 1. The molecule has 3 heteroatoms. The number of rotatable bonds is 7. The second-order valence-electron chi connectivity index (χ2n) is 5.28. The molecule has 21 heavy (non-hydrogen) atoms. The molecule has 0 aliphatic rings. The largest absolute Gasteiger partial charge is 0.370 e. The van der Waals surface area contributed by atoms with Gasteiger partial charge in [-0.1, -0.05) is 44.5 Å². The molecule has 0 aliphatic heterocycles. The molecule has 112 valence electrons. The number of nitrogens with zero attached hydrogens (tertiary/aromatic N) is 2. The van der Waals surface area contributed by atoms with Gasteiger partial charge in [-0.3, -0.25) is 0 Å². The van der Waals surface area contributed by atoms with E-state index in [9.17, 15) is 0 Å². The number of benzene rings is 1. The standard InChI is InChI=1S/C18H25N3/c1-4-7-14-9-11-15(12-10-14)16-13-18(19-6-3)21-17(20-16)8-5-2/h9-13H,4-8H2,1-3H3,(H,19,20,21). The fraction of sp³-hybridized carbons (Fsp3) is 0.444.